The number of fused-ring (bicyclic) bond motifs is 1. The van der Waals surface area contributed by atoms with Crippen molar-refractivity contribution in [2.24, 2.45) is 0 Å². The first-order valence-electron chi connectivity index (χ1n) is 6.51. The van der Waals surface area contributed by atoms with Gasteiger partial charge < -0.3 is 19.9 Å². The summed E-state index contributed by atoms with van der Waals surface area (Å²) in [6, 6.07) is 5.55. The molecule has 1 aromatic rings. The number of aliphatic hydroxyl groups is 1. The molecule has 1 amide bonds. The van der Waals surface area contributed by atoms with Gasteiger partial charge >= 0.3 is 0 Å². The molecule has 0 fully saturated rings. The minimum atomic E-state index is -0.149. The van der Waals surface area contributed by atoms with Crippen molar-refractivity contribution in [3.63, 3.8) is 0 Å². The molecule has 104 valence electrons. The summed E-state index contributed by atoms with van der Waals surface area (Å²) >= 11 is 0. The van der Waals surface area contributed by atoms with Crippen LogP contribution in [0.15, 0.2) is 18.2 Å². The highest BCUT2D eigenvalue weighted by atomic mass is 16.7. The molecule has 0 aliphatic carbocycles. The number of nitrogens with one attached hydrogen (secondary N) is 1. The lowest BCUT2D eigenvalue weighted by atomic mass is 10.1. The molecule has 1 aromatic carbocycles. The fraction of sp³-hybridized carbons (Fsp3) is 0.500. The van der Waals surface area contributed by atoms with Crippen LogP contribution in [0.5, 0.6) is 11.5 Å². The van der Waals surface area contributed by atoms with Gasteiger partial charge in [0, 0.05) is 6.42 Å². The lowest BCUT2D eigenvalue weighted by Crippen LogP contribution is -2.36. The monoisotopic (exact) mass is 265 g/mol. The number of carbonyl (C=O) groups is 1. The highest BCUT2D eigenvalue weighted by Gasteiger charge is 2.14. The van der Waals surface area contributed by atoms with Gasteiger partial charge in [0.15, 0.2) is 11.5 Å². The van der Waals surface area contributed by atoms with E-state index in [0.717, 1.165) is 23.5 Å². The number of ether oxygens (including phenoxy) is 2. The number of carbonyl (C=O) groups excluding carboxylic acids is 1. The third-order valence-electron chi connectivity index (χ3n) is 3.16. The summed E-state index contributed by atoms with van der Waals surface area (Å²) < 4.78 is 10.5. The summed E-state index contributed by atoms with van der Waals surface area (Å²) in [6.45, 7) is 2.17. The van der Waals surface area contributed by atoms with E-state index in [-0.39, 0.29) is 25.3 Å². The van der Waals surface area contributed by atoms with Crippen LogP contribution in [0.3, 0.4) is 0 Å². The molecule has 0 saturated heterocycles. The highest BCUT2D eigenvalue weighted by Crippen LogP contribution is 2.32. The number of benzene rings is 1. The Labute approximate surface area is 112 Å². The van der Waals surface area contributed by atoms with Crippen molar-refractivity contribution in [3.05, 3.63) is 23.8 Å². The minimum Gasteiger partial charge on any atom is -0.454 e. The Morgan fingerprint density at radius 3 is 2.95 bits per heavy atom. The topological polar surface area (TPSA) is 67.8 Å². The summed E-state index contributed by atoms with van der Waals surface area (Å²) in [5.41, 5.74) is 1.04. The van der Waals surface area contributed by atoms with Crippen molar-refractivity contribution in [3.8, 4) is 11.5 Å². The molecule has 5 nitrogen and oxygen atoms in total. The number of amides is 1. The molecule has 5 heteroatoms. The van der Waals surface area contributed by atoms with Crippen LogP contribution in [0, 0.1) is 0 Å². The summed E-state index contributed by atoms with van der Waals surface area (Å²) in [5, 5.41) is 11.8. The van der Waals surface area contributed by atoms with Crippen molar-refractivity contribution in [2.45, 2.75) is 32.2 Å². The molecule has 0 bridgehead atoms. The first-order valence-corrected chi connectivity index (χ1v) is 6.51. The quantitative estimate of drug-likeness (QED) is 0.812. The van der Waals surface area contributed by atoms with Gasteiger partial charge in [-0.25, -0.2) is 0 Å². The number of aliphatic hydroxyl groups excluding tert-OH is 1. The average molecular weight is 265 g/mol. The van der Waals surface area contributed by atoms with Crippen LogP contribution >= 0.6 is 0 Å². The minimum absolute atomic E-state index is 0.0216. The van der Waals surface area contributed by atoms with E-state index in [1.54, 1.807) is 0 Å². The van der Waals surface area contributed by atoms with E-state index in [1.165, 1.54) is 0 Å². The normalized spacial score (nSPS) is 14.2. The number of hydrogen-bond acceptors (Lipinski definition) is 4. The van der Waals surface area contributed by atoms with E-state index in [9.17, 15) is 4.79 Å². The van der Waals surface area contributed by atoms with Gasteiger partial charge in [-0.3, -0.25) is 4.79 Å². The highest BCUT2D eigenvalue weighted by molar-refractivity contribution is 5.76. The van der Waals surface area contributed by atoms with Crippen LogP contribution in [0.1, 0.15) is 25.3 Å². The van der Waals surface area contributed by atoms with Crippen LogP contribution in [0.2, 0.25) is 0 Å². The van der Waals surface area contributed by atoms with E-state index in [0.29, 0.717) is 12.8 Å². The maximum atomic E-state index is 11.7. The first-order chi connectivity index (χ1) is 9.22. The number of rotatable bonds is 6. The summed E-state index contributed by atoms with van der Waals surface area (Å²) in [6.07, 6.45) is 1.77. The van der Waals surface area contributed by atoms with E-state index >= 15 is 0 Å². The Bertz CT molecular complexity index is 443. The molecule has 19 heavy (non-hydrogen) atoms. The van der Waals surface area contributed by atoms with Gasteiger partial charge in [-0.2, -0.15) is 0 Å². The Morgan fingerprint density at radius 2 is 2.21 bits per heavy atom. The Kier molecular flexibility index (Phi) is 4.63. The lowest BCUT2D eigenvalue weighted by molar-refractivity contribution is -0.122. The Hall–Kier alpha value is -1.75. The predicted molar refractivity (Wildman–Crippen MR) is 70.2 cm³/mol. The summed E-state index contributed by atoms with van der Waals surface area (Å²) in [7, 11) is 0. The van der Waals surface area contributed by atoms with Crippen molar-refractivity contribution in [1.29, 1.82) is 0 Å². The van der Waals surface area contributed by atoms with Gasteiger partial charge in [-0.05, 0) is 30.5 Å². The standard InChI is InChI=1S/C14H19NO4/c1-2-11(8-16)15-14(17)6-4-10-3-5-12-13(7-10)19-9-18-12/h3,5,7,11,16H,2,4,6,8-9H2,1H3,(H,15,17). The average Bonchev–Trinajstić information content (AvgIpc) is 2.89. The van der Waals surface area contributed by atoms with Crippen LogP contribution in [-0.4, -0.2) is 30.5 Å². The Morgan fingerprint density at radius 1 is 1.42 bits per heavy atom. The van der Waals surface area contributed by atoms with E-state index in [2.05, 4.69) is 5.32 Å². The molecule has 1 aliphatic heterocycles. The van der Waals surface area contributed by atoms with Gasteiger partial charge in [-0.1, -0.05) is 13.0 Å². The van der Waals surface area contributed by atoms with Crippen LogP contribution < -0.4 is 14.8 Å². The largest absolute Gasteiger partial charge is 0.454 e. The zero-order chi connectivity index (χ0) is 13.7. The molecule has 1 heterocycles. The van der Waals surface area contributed by atoms with Crippen molar-refractivity contribution < 1.29 is 19.4 Å². The van der Waals surface area contributed by atoms with Crippen LogP contribution in [0.4, 0.5) is 0 Å². The summed E-state index contributed by atoms with van der Waals surface area (Å²) in [5.74, 6) is 1.44. The molecule has 2 rings (SSSR count). The zero-order valence-corrected chi connectivity index (χ0v) is 11.0. The molecule has 0 saturated carbocycles. The predicted octanol–water partition coefficient (Wildman–Crippen LogP) is 1.23. The fourth-order valence-corrected chi connectivity index (χ4v) is 1.93. The van der Waals surface area contributed by atoms with Crippen molar-refractivity contribution in [2.75, 3.05) is 13.4 Å². The molecule has 1 atom stereocenters. The molecule has 0 spiro atoms. The van der Waals surface area contributed by atoms with E-state index in [1.807, 2.05) is 25.1 Å². The second-order valence-corrected chi connectivity index (χ2v) is 4.54. The van der Waals surface area contributed by atoms with Gasteiger partial charge in [-0.15, -0.1) is 0 Å². The SMILES string of the molecule is CCC(CO)NC(=O)CCc1ccc2c(c1)OCO2. The molecule has 1 unspecified atom stereocenters. The van der Waals surface area contributed by atoms with Gasteiger partial charge in [0.1, 0.15) is 0 Å². The fourth-order valence-electron chi connectivity index (χ4n) is 1.93. The van der Waals surface area contributed by atoms with Gasteiger partial charge in [0.2, 0.25) is 12.7 Å². The number of hydrogen-bond donors (Lipinski definition) is 2. The smallest absolute Gasteiger partial charge is 0.231 e. The molecule has 2 N–H and O–H groups in total. The van der Waals surface area contributed by atoms with Gasteiger partial charge in [0.25, 0.3) is 0 Å². The van der Waals surface area contributed by atoms with Crippen molar-refractivity contribution in [1.82, 2.24) is 5.32 Å². The molecular weight excluding hydrogens is 246 g/mol. The lowest BCUT2D eigenvalue weighted by Gasteiger charge is -2.13. The third-order valence-corrected chi connectivity index (χ3v) is 3.16. The first kappa shape index (κ1) is 13.7. The van der Waals surface area contributed by atoms with Crippen molar-refractivity contribution >= 4 is 5.91 Å². The molecule has 1 aliphatic rings. The molecule has 0 aromatic heterocycles. The number of aryl methyl sites for hydroxylation is 1. The Balaban J connectivity index is 1.83. The van der Waals surface area contributed by atoms with E-state index < -0.39 is 0 Å². The van der Waals surface area contributed by atoms with Crippen LogP contribution in [-0.2, 0) is 11.2 Å². The van der Waals surface area contributed by atoms with Gasteiger partial charge in [0.05, 0.1) is 12.6 Å². The summed E-state index contributed by atoms with van der Waals surface area (Å²) in [4.78, 5) is 11.7. The molecular formula is C14H19NO4. The third kappa shape index (κ3) is 3.61. The zero-order valence-electron chi connectivity index (χ0n) is 11.0. The second-order valence-electron chi connectivity index (χ2n) is 4.54. The maximum Gasteiger partial charge on any atom is 0.231 e. The van der Waals surface area contributed by atoms with Crippen LogP contribution in [0.25, 0.3) is 0 Å². The molecule has 0 radical (unpaired) electrons. The van der Waals surface area contributed by atoms with E-state index in [4.69, 9.17) is 14.6 Å². The maximum absolute atomic E-state index is 11.7. The second kappa shape index (κ2) is 6.43.